The predicted octanol–water partition coefficient (Wildman–Crippen LogP) is 2.06. The smallest absolute Gasteiger partial charge is 0.254 e. The Morgan fingerprint density at radius 1 is 1.62 bits per heavy atom. The van der Waals surface area contributed by atoms with Crippen molar-refractivity contribution in [2.75, 3.05) is 6.54 Å². The molecule has 1 aromatic carbocycles. The molecular weight excluding hydrogens is 275 g/mol. The van der Waals surface area contributed by atoms with Crippen LogP contribution < -0.4 is 11.1 Å². The van der Waals surface area contributed by atoms with Crippen LogP contribution in [0.15, 0.2) is 22.7 Å². The third kappa shape index (κ3) is 3.57. The summed E-state index contributed by atoms with van der Waals surface area (Å²) in [6.45, 7) is 2.28. The highest BCUT2D eigenvalue weighted by Gasteiger charge is 2.12. The van der Waals surface area contributed by atoms with E-state index in [1.54, 1.807) is 6.07 Å². The molecular formula is C11H14BrFN2O. The summed E-state index contributed by atoms with van der Waals surface area (Å²) >= 11 is 3.13. The maximum Gasteiger partial charge on any atom is 0.254 e. The number of carbonyl (C=O) groups is 1. The first kappa shape index (κ1) is 13.1. The number of hydrogen-bond donors (Lipinski definition) is 2. The topological polar surface area (TPSA) is 55.1 Å². The first-order chi connectivity index (χ1) is 7.54. The molecule has 1 amide bonds. The Balaban J connectivity index is 2.66. The van der Waals surface area contributed by atoms with Gasteiger partial charge in [0, 0.05) is 17.1 Å². The van der Waals surface area contributed by atoms with E-state index in [0.29, 0.717) is 11.0 Å². The molecule has 0 heterocycles. The van der Waals surface area contributed by atoms with Crippen LogP contribution in [0.4, 0.5) is 4.39 Å². The fourth-order valence-electron chi connectivity index (χ4n) is 1.14. The molecule has 1 rings (SSSR count). The Morgan fingerprint density at radius 2 is 2.31 bits per heavy atom. The van der Waals surface area contributed by atoms with Crippen LogP contribution in [-0.2, 0) is 0 Å². The third-order valence-corrected chi connectivity index (χ3v) is 2.72. The summed E-state index contributed by atoms with van der Waals surface area (Å²) in [5.41, 5.74) is 5.68. The van der Waals surface area contributed by atoms with E-state index in [9.17, 15) is 9.18 Å². The largest absolute Gasteiger partial charge is 0.350 e. The normalized spacial score (nSPS) is 12.2. The average Bonchev–Trinajstić information content (AvgIpc) is 2.25. The van der Waals surface area contributed by atoms with Crippen LogP contribution in [0.2, 0.25) is 0 Å². The maximum atomic E-state index is 13.4. The van der Waals surface area contributed by atoms with E-state index in [1.807, 2.05) is 6.92 Å². The first-order valence-corrected chi connectivity index (χ1v) is 5.82. The van der Waals surface area contributed by atoms with Crippen LogP contribution in [0.25, 0.3) is 0 Å². The Kier molecular flexibility index (Phi) is 4.89. The van der Waals surface area contributed by atoms with Crippen LogP contribution in [0.3, 0.4) is 0 Å². The molecule has 0 bridgehead atoms. The first-order valence-electron chi connectivity index (χ1n) is 5.03. The second-order valence-electron chi connectivity index (χ2n) is 3.50. The van der Waals surface area contributed by atoms with Crippen molar-refractivity contribution in [1.29, 1.82) is 0 Å². The molecule has 0 saturated heterocycles. The Morgan fingerprint density at radius 3 is 2.88 bits per heavy atom. The van der Waals surface area contributed by atoms with Crippen molar-refractivity contribution in [1.82, 2.24) is 5.32 Å². The summed E-state index contributed by atoms with van der Waals surface area (Å²) in [5, 5.41) is 2.59. The summed E-state index contributed by atoms with van der Waals surface area (Å²) < 4.78 is 14.0. The van der Waals surface area contributed by atoms with Gasteiger partial charge in [-0.1, -0.05) is 22.9 Å². The van der Waals surface area contributed by atoms with E-state index in [4.69, 9.17) is 5.73 Å². The Bertz CT molecular complexity index is 384. The van der Waals surface area contributed by atoms with Gasteiger partial charge in [-0.25, -0.2) is 4.39 Å². The molecule has 3 N–H and O–H groups in total. The van der Waals surface area contributed by atoms with Gasteiger partial charge in [-0.3, -0.25) is 4.79 Å². The highest BCUT2D eigenvalue weighted by Crippen LogP contribution is 2.15. The van der Waals surface area contributed by atoms with Gasteiger partial charge in [0.1, 0.15) is 5.82 Å². The van der Waals surface area contributed by atoms with Crippen molar-refractivity contribution in [3.63, 3.8) is 0 Å². The van der Waals surface area contributed by atoms with Gasteiger partial charge in [0.2, 0.25) is 0 Å². The monoisotopic (exact) mass is 288 g/mol. The van der Waals surface area contributed by atoms with Crippen molar-refractivity contribution in [2.24, 2.45) is 5.73 Å². The van der Waals surface area contributed by atoms with Gasteiger partial charge in [0.15, 0.2) is 0 Å². The lowest BCUT2D eigenvalue weighted by molar-refractivity contribution is 0.0947. The highest BCUT2D eigenvalue weighted by molar-refractivity contribution is 9.10. The van der Waals surface area contributed by atoms with E-state index >= 15 is 0 Å². The van der Waals surface area contributed by atoms with Crippen LogP contribution in [-0.4, -0.2) is 18.5 Å². The predicted molar refractivity (Wildman–Crippen MR) is 64.7 cm³/mol. The molecule has 1 aromatic rings. The van der Waals surface area contributed by atoms with Gasteiger partial charge in [-0.2, -0.15) is 0 Å². The minimum Gasteiger partial charge on any atom is -0.350 e. The molecule has 0 saturated carbocycles. The van der Waals surface area contributed by atoms with Gasteiger partial charge in [-0.05, 0) is 24.6 Å². The average molecular weight is 289 g/mol. The number of halogens is 2. The molecule has 3 nitrogen and oxygen atoms in total. The molecule has 16 heavy (non-hydrogen) atoms. The summed E-state index contributed by atoms with van der Waals surface area (Å²) in [6, 6.07) is 4.22. The standard InChI is InChI=1S/C11H14BrFN2O/c1-2-8(14)6-15-11(16)9-4-3-7(12)5-10(9)13/h3-5,8H,2,6,14H2,1H3,(H,15,16). The van der Waals surface area contributed by atoms with E-state index < -0.39 is 11.7 Å². The fraction of sp³-hybridized carbons (Fsp3) is 0.364. The zero-order chi connectivity index (χ0) is 12.1. The summed E-state index contributed by atoms with van der Waals surface area (Å²) in [7, 11) is 0. The molecule has 0 aliphatic carbocycles. The zero-order valence-electron chi connectivity index (χ0n) is 8.97. The second kappa shape index (κ2) is 5.96. The molecule has 0 aliphatic heterocycles. The van der Waals surface area contributed by atoms with E-state index in [2.05, 4.69) is 21.2 Å². The number of nitrogens with one attached hydrogen (secondary N) is 1. The number of carbonyl (C=O) groups excluding carboxylic acids is 1. The molecule has 0 aliphatic rings. The zero-order valence-corrected chi connectivity index (χ0v) is 10.6. The molecule has 5 heteroatoms. The number of nitrogens with two attached hydrogens (primary N) is 1. The van der Waals surface area contributed by atoms with Crippen LogP contribution in [0.5, 0.6) is 0 Å². The number of hydrogen-bond acceptors (Lipinski definition) is 2. The van der Waals surface area contributed by atoms with Crippen LogP contribution in [0.1, 0.15) is 23.7 Å². The highest BCUT2D eigenvalue weighted by atomic mass is 79.9. The molecule has 0 spiro atoms. The quantitative estimate of drug-likeness (QED) is 0.891. The van der Waals surface area contributed by atoms with Crippen molar-refractivity contribution in [3.8, 4) is 0 Å². The van der Waals surface area contributed by atoms with Gasteiger partial charge in [0.05, 0.1) is 5.56 Å². The third-order valence-electron chi connectivity index (χ3n) is 2.22. The van der Waals surface area contributed by atoms with Crippen molar-refractivity contribution < 1.29 is 9.18 Å². The molecule has 0 aromatic heterocycles. The lowest BCUT2D eigenvalue weighted by atomic mass is 10.2. The van der Waals surface area contributed by atoms with E-state index in [1.165, 1.54) is 12.1 Å². The van der Waals surface area contributed by atoms with Gasteiger partial charge >= 0.3 is 0 Å². The van der Waals surface area contributed by atoms with Crippen molar-refractivity contribution >= 4 is 21.8 Å². The molecule has 0 radical (unpaired) electrons. The van der Waals surface area contributed by atoms with E-state index in [-0.39, 0.29) is 11.6 Å². The summed E-state index contributed by atoms with van der Waals surface area (Å²) in [5.74, 6) is -0.981. The molecule has 88 valence electrons. The van der Waals surface area contributed by atoms with Crippen molar-refractivity contribution in [2.45, 2.75) is 19.4 Å². The number of benzene rings is 1. The van der Waals surface area contributed by atoms with Gasteiger partial charge in [0.25, 0.3) is 5.91 Å². The molecule has 1 unspecified atom stereocenters. The Labute approximate surface area is 102 Å². The van der Waals surface area contributed by atoms with Crippen molar-refractivity contribution in [3.05, 3.63) is 34.1 Å². The van der Waals surface area contributed by atoms with Crippen LogP contribution >= 0.6 is 15.9 Å². The maximum absolute atomic E-state index is 13.4. The number of amides is 1. The minimum atomic E-state index is -0.544. The SMILES string of the molecule is CCC(N)CNC(=O)c1ccc(Br)cc1F. The van der Waals surface area contributed by atoms with Gasteiger partial charge in [-0.15, -0.1) is 0 Å². The summed E-state index contributed by atoms with van der Waals surface area (Å²) in [6.07, 6.45) is 0.767. The lowest BCUT2D eigenvalue weighted by Crippen LogP contribution is -2.37. The Hall–Kier alpha value is -0.940. The summed E-state index contributed by atoms with van der Waals surface area (Å²) in [4.78, 5) is 11.6. The minimum absolute atomic E-state index is 0.0338. The fourth-order valence-corrected chi connectivity index (χ4v) is 1.47. The molecule has 0 fully saturated rings. The van der Waals surface area contributed by atoms with Crippen LogP contribution in [0, 0.1) is 5.82 Å². The van der Waals surface area contributed by atoms with E-state index in [0.717, 1.165) is 6.42 Å². The molecule has 1 atom stereocenters. The lowest BCUT2D eigenvalue weighted by Gasteiger charge is -2.10. The number of rotatable bonds is 4. The van der Waals surface area contributed by atoms with Gasteiger partial charge < -0.3 is 11.1 Å². The second-order valence-corrected chi connectivity index (χ2v) is 4.42.